The Morgan fingerprint density at radius 3 is 2.25 bits per heavy atom. The van der Waals surface area contributed by atoms with Crippen molar-refractivity contribution in [3.05, 3.63) is 82.1 Å². The highest BCUT2D eigenvalue weighted by Crippen LogP contribution is 2.35. The number of carbonyl (C=O) groups is 2. The number of aromatic nitrogens is 1. The molecule has 4 heteroatoms. The van der Waals surface area contributed by atoms with Crippen molar-refractivity contribution in [2.75, 3.05) is 4.90 Å². The maximum Gasteiger partial charge on any atom is 0.266 e. The van der Waals surface area contributed by atoms with Crippen LogP contribution in [0.15, 0.2) is 65.3 Å². The average molecular weight is 427 g/mol. The van der Waals surface area contributed by atoms with E-state index in [1.54, 1.807) is 0 Å². The van der Waals surface area contributed by atoms with Gasteiger partial charge in [0, 0.05) is 23.1 Å². The number of rotatable bonds is 5. The molecule has 1 aliphatic rings. The molecule has 0 aliphatic carbocycles. The van der Waals surface area contributed by atoms with Crippen molar-refractivity contribution >= 4 is 34.5 Å². The molecule has 3 aromatic rings. The van der Waals surface area contributed by atoms with E-state index in [-0.39, 0.29) is 11.8 Å². The second-order valence-electron chi connectivity index (χ2n) is 8.58. The normalized spacial score (nSPS) is 15.5. The summed E-state index contributed by atoms with van der Waals surface area (Å²) in [5, 5.41) is 1.18. The molecule has 1 aliphatic heterocycles. The van der Waals surface area contributed by atoms with Crippen molar-refractivity contribution in [1.29, 1.82) is 0 Å². The van der Waals surface area contributed by atoms with Crippen molar-refractivity contribution in [2.45, 2.75) is 54.0 Å². The number of amides is 2. The molecule has 1 fully saturated rings. The van der Waals surface area contributed by atoms with Gasteiger partial charge >= 0.3 is 0 Å². The van der Waals surface area contributed by atoms with Gasteiger partial charge in [0.25, 0.3) is 11.8 Å². The Hall–Kier alpha value is -3.40. The first-order valence-electron chi connectivity index (χ1n) is 11.3. The summed E-state index contributed by atoms with van der Waals surface area (Å²) < 4.78 is 2.26. The zero-order chi connectivity index (χ0) is 23.0. The van der Waals surface area contributed by atoms with Gasteiger partial charge in [0.05, 0.1) is 16.8 Å². The summed E-state index contributed by atoms with van der Waals surface area (Å²) >= 11 is 0. The Balaban J connectivity index is 1.90. The Kier molecular flexibility index (Phi) is 5.88. The summed E-state index contributed by atoms with van der Waals surface area (Å²) in [6.45, 7) is 11.0. The van der Waals surface area contributed by atoms with Crippen LogP contribution in [0, 0.1) is 6.92 Å². The van der Waals surface area contributed by atoms with Crippen molar-refractivity contribution < 1.29 is 9.59 Å². The van der Waals surface area contributed by atoms with Crippen molar-refractivity contribution in [3.8, 4) is 0 Å². The van der Waals surface area contributed by atoms with Gasteiger partial charge in [-0.1, -0.05) is 49.8 Å². The Labute approximate surface area is 189 Å². The van der Waals surface area contributed by atoms with Crippen LogP contribution in [0.25, 0.3) is 17.0 Å². The monoisotopic (exact) mass is 426 g/mol. The molecule has 1 saturated heterocycles. The first-order chi connectivity index (χ1) is 15.4. The highest BCUT2D eigenvalue weighted by Gasteiger charge is 2.40. The van der Waals surface area contributed by atoms with E-state index in [0.717, 1.165) is 41.7 Å². The Bertz CT molecular complexity index is 1270. The lowest BCUT2D eigenvalue weighted by molar-refractivity contribution is -0.119. The van der Waals surface area contributed by atoms with Gasteiger partial charge in [-0.3, -0.25) is 9.59 Å². The lowest BCUT2D eigenvalue weighted by atomic mass is 10.0. The smallest absolute Gasteiger partial charge is 0.266 e. The second-order valence-corrected chi connectivity index (χ2v) is 8.58. The maximum atomic E-state index is 13.6. The van der Waals surface area contributed by atoms with Crippen LogP contribution in [0.3, 0.4) is 0 Å². The van der Waals surface area contributed by atoms with Gasteiger partial charge in [-0.25, -0.2) is 4.90 Å². The van der Waals surface area contributed by atoms with Crippen molar-refractivity contribution in [1.82, 2.24) is 4.57 Å². The number of hydrogen-bond acceptors (Lipinski definition) is 2. The van der Waals surface area contributed by atoms with Gasteiger partial charge in [-0.2, -0.15) is 0 Å². The SMILES string of the molecule is CCCn1c(/C=C2/C(=O)N(c3ccc(CC)cc3)C(=O)C2=C(C)C)c(C)c2ccccc21. The molecule has 32 heavy (non-hydrogen) atoms. The summed E-state index contributed by atoms with van der Waals surface area (Å²) in [7, 11) is 0. The molecule has 4 rings (SSSR count). The van der Waals surface area contributed by atoms with Crippen molar-refractivity contribution in [2.24, 2.45) is 0 Å². The molecule has 4 nitrogen and oxygen atoms in total. The molecule has 0 bridgehead atoms. The molecule has 2 aromatic carbocycles. The molecule has 1 aromatic heterocycles. The van der Waals surface area contributed by atoms with E-state index in [4.69, 9.17) is 0 Å². The number of hydrogen-bond donors (Lipinski definition) is 0. The number of allylic oxidation sites excluding steroid dienone is 1. The third kappa shape index (κ3) is 3.50. The fourth-order valence-electron chi connectivity index (χ4n) is 4.56. The molecule has 0 radical (unpaired) electrons. The van der Waals surface area contributed by atoms with Gasteiger partial charge in [0.15, 0.2) is 0 Å². The summed E-state index contributed by atoms with van der Waals surface area (Å²) in [4.78, 5) is 28.3. The molecular formula is C28H30N2O2. The standard InChI is InChI=1S/C28H30N2O2/c1-6-16-29-24-11-9-8-10-22(24)19(5)25(29)17-23-26(18(3)4)28(32)30(27(23)31)21-14-12-20(7-2)13-15-21/h8-15,17H,6-7,16H2,1-5H3/b23-17+. The number of para-hydroxylation sites is 1. The van der Waals surface area contributed by atoms with E-state index in [9.17, 15) is 9.59 Å². The van der Waals surface area contributed by atoms with Crippen LogP contribution < -0.4 is 4.90 Å². The third-order valence-electron chi connectivity index (χ3n) is 6.22. The first kappa shape index (κ1) is 21.8. The van der Waals surface area contributed by atoms with E-state index in [1.165, 1.54) is 15.8 Å². The fourth-order valence-corrected chi connectivity index (χ4v) is 4.56. The lowest BCUT2D eigenvalue weighted by Crippen LogP contribution is -2.29. The number of aryl methyl sites for hydroxylation is 3. The molecule has 0 atom stereocenters. The number of carbonyl (C=O) groups excluding carboxylic acids is 2. The zero-order valence-corrected chi connectivity index (χ0v) is 19.5. The number of fused-ring (bicyclic) bond motifs is 1. The van der Waals surface area contributed by atoms with Gasteiger partial charge in [0.1, 0.15) is 0 Å². The van der Waals surface area contributed by atoms with E-state index in [1.807, 2.05) is 56.3 Å². The number of anilines is 1. The molecule has 0 spiro atoms. The molecule has 164 valence electrons. The zero-order valence-electron chi connectivity index (χ0n) is 19.5. The van der Waals surface area contributed by atoms with Crippen LogP contribution in [0.1, 0.15) is 50.9 Å². The minimum atomic E-state index is -0.261. The van der Waals surface area contributed by atoms with Crippen LogP contribution >= 0.6 is 0 Å². The second kappa shape index (κ2) is 8.62. The lowest BCUT2D eigenvalue weighted by Gasteiger charge is -2.13. The Morgan fingerprint density at radius 2 is 1.62 bits per heavy atom. The minimum Gasteiger partial charge on any atom is -0.341 e. The highest BCUT2D eigenvalue weighted by molar-refractivity contribution is 6.38. The largest absolute Gasteiger partial charge is 0.341 e. The predicted octanol–water partition coefficient (Wildman–Crippen LogP) is 6.22. The summed E-state index contributed by atoms with van der Waals surface area (Å²) in [6, 6.07) is 16.0. The van der Waals surface area contributed by atoms with Gasteiger partial charge < -0.3 is 4.57 Å². The van der Waals surface area contributed by atoms with Gasteiger partial charge in [-0.05, 0) is 69.0 Å². The maximum absolute atomic E-state index is 13.6. The topological polar surface area (TPSA) is 42.3 Å². The van der Waals surface area contributed by atoms with Crippen molar-refractivity contribution in [3.63, 3.8) is 0 Å². The van der Waals surface area contributed by atoms with Gasteiger partial charge in [-0.15, -0.1) is 0 Å². The predicted molar refractivity (Wildman–Crippen MR) is 132 cm³/mol. The Morgan fingerprint density at radius 1 is 0.938 bits per heavy atom. The molecule has 0 N–H and O–H groups in total. The summed E-state index contributed by atoms with van der Waals surface area (Å²) in [5.41, 5.74) is 6.88. The molecule has 0 unspecified atom stereocenters. The number of benzene rings is 2. The third-order valence-corrected chi connectivity index (χ3v) is 6.22. The van der Waals surface area contributed by atoms with Gasteiger partial charge in [0.2, 0.25) is 0 Å². The van der Waals surface area contributed by atoms with Crippen LogP contribution in [0.4, 0.5) is 5.69 Å². The highest BCUT2D eigenvalue weighted by atomic mass is 16.2. The van der Waals surface area contributed by atoms with E-state index in [0.29, 0.717) is 16.8 Å². The fraction of sp³-hybridized carbons (Fsp3) is 0.286. The number of nitrogens with zero attached hydrogens (tertiary/aromatic N) is 2. The van der Waals surface area contributed by atoms with Crippen LogP contribution in [0.5, 0.6) is 0 Å². The van der Waals surface area contributed by atoms with Crippen LogP contribution in [0.2, 0.25) is 0 Å². The molecule has 2 amide bonds. The summed E-state index contributed by atoms with van der Waals surface area (Å²) in [6.07, 6.45) is 3.81. The minimum absolute atomic E-state index is 0.249. The van der Waals surface area contributed by atoms with E-state index in [2.05, 4.69) is 37.5 Å². The number of imide groups is 1. The van der Waals surface area contributed by atoms with E-state index < -0.39 is 0 Å². The van der Waals surface area contributed by atoms with Crippen LogP contribution in [-0.2, 0) is 22.6 Å². The van der Waals surface area contributed by atoms with E-state index >= 15 is 0 Å². The summed E-state index contributed by atoms with van der Waals surface area (Å²) in [5.74, 6) is -0.510. The molecular weight excluding hydrogens is 396 g/mol. The quantitative estimate of drug-likeness (QED) is 0.359. The molecule has 2 heterocycles. The van der Waals surface area contributed by atoms with Crippen LogP contribution in [-0.4, -0.2) is 16.4 Å². The first-order valence-corrected chi connectivity index (χ1v) is 11.3. The molecule has 0 saturated carbocycles. The average Bonchev–Trinajstić information content (AvgIpc) is 3.20.